The minimum Gasteiger partial charge on any atom is -0.350 e. The van der Waals surface area contributed by atoms with Crippen LogP contribution in [0.3, 0.4) is 0 Å². The summed E-state index contributed by atoms with van der Waals surface area (Å²) >= 11 is 0. The third kappa shape index (κ3) is 2.07. The quantitative estimate of drug-likeness (QED) is 0.568. The van der Waals surface area contributed by atoms with E-state index in [1.54, 1.807) is 0 Å². The highest BCUT2D eigenvalue weighted by atomic mass is 16.2. The number of hydrogen-bond donors (Lipinski definition) is 1. The van der Waals surface area contributed by atoms with Gasteiger partial charge in [0.25, 0.3) is 0 Å². The van der Waals surface area contributed by atoms with Crippen LogP contribution in [-0.2, 0) is 4.79 Å². The molecule has 62 valence electrons. The first-order valence-corrected chi connectivity index (χ1v) is 3.86. The maximum Gasteiger partial charge on any atom is 0.234 e. The third-order valence-electron chi connectivity index (χ3n) is 1.64. The minimum absolute atomic E-state index is 0.102. The van der Waals surface area contributed by atoms with Gasteiger partial charge in [-0.3, -0.25) is 4.79 Å². The number of carbonyl (C=O) groups is 1. The van der Waals surface area contributed by atoms with Crippen molar-refractivity contribution in [2.24, 2.45) is 5.41 Å². The lowest BCUT2D eigenvalue weighted by atomic mass is 10.0. The second kappa shape index (κ2) is 2.10. The van der Waals surface area contributed by atoms with Crippen molar-refractivity contribution in [3.8, 4) is 0 Å². The molecule has 0 radical (unpaired) electrons. The molecular formula is C9H15NO. The van der Waals surface area contributed by atoms with Gasteiger partial charge in [0.15, 0.2) is 0 Å². The van der Waals surface area contributed by atoms with Crippen LogP contribution >= 0.6 is 0 Å². The fourth-order valence-corrected chi connectivity index (χ4v) is 0.752. The molecular weight excluding hydrogens is 138 g/mol. The Labute approximate surface area is 67.7 Å². The molecule has 0 bridgehead atoms. The average molecular weight is 153 g/mol. The van der Waals surface area contributed by atoms with Gasteiger partial charge in [0.2, 0.25) is 5.91 Å². The Bertz CT molecular complexity index is 204. The van der Waals surface area contributed by atoms with Crippen molar-refractivity contribution in [1.82, 2.24) is 5.32 Å². The van der Waals surface area contributed by atoms with E-state index in [0.29, 0.717) is 0 Å². The van der Waals surface area contributed by atoms with Gasteiger partial charge in [-0.05, 0) is 27.7 Å². The van der Waals surface area contributed by atoms with E-state index in [1.807, 2.05) is 39.8 Å². The zero-order chi connectivity index (χ0) is 8.70. The lowest BCUT2D eigenvalue weighted by Gasteiger charge is -2.23. The molecule has 0 aliphatic heterocycles. The van der Waals surface area contributed by atoms with E-state index in [4.69, 9.17) is 0 Å². The lowest BCUT2D eigenvalue weighted by molar-refractivity contribution is -0.126. The molecule has 0 fully saturated rings. The largest absolute Gasteiger partial charge is 0.350 e. The Kier molecular flexibility index (Phi) is 1.58. The van der Waals surface area contributed by atoms with Crippen LogP contribution in [0.5, 0.6) is 0 Å². The summed E-state index contributed by atoms with van der Waals surface area (Å²) in [5.74, 6) is 0.102. The molecule has 1 rings (SSSR count). The Morgan fingerprint density at radius 3 is 2.09 bits per heavy atom. The highest BCUT2D eigenvalue weighted by Gasteiger charge is 2.37. The fourth-order valence-electron chi connectivity index (χ4n) is 0.752. The van der Waals surface area contributed by atoms with Gasteiger partial charge in [-0.2, -0.15) is 0 Å². The van der Waals surface area contributed by atoms with Gasteiger partial charge in [-0.25, -0.2) is 0 Å². The van der Waals surface area contributed by atoms with Crippen LogP contribution in [0.1, 0.15) is 27.7 Å². The normalized spacial score (nSPS) is 19.6. The van der Waals surface area contributed by atoms with Gasteiger partial charge in [0.1, 0.15) is 0 Å². The van der Waals surface area contributed by atoms with Crippen LogP contribution in [-0.4, -0.2) is 11.4 Å². The van der Waals surface area contributed by atoms with E-state index < -0.39 is 0 Å². The average Bonchev–Trinajstić information content (AvgIpc) is 2.44. The molecule has 0 aromatic rings. The highest BCUT2D eigenvalue weighted by Crippen LogP contribution is 2.33. The molecule has 0 aromatic carbocycles. The minimum atomic E-state index is -0.284. The SMILES string of the molecule is CC(C)(C)NC(=O)C1(C)C=C1. The number of hydrogen-bond acceptors (Lipinski definition) is 1. The molecule has 0 heterocycles. The smallest absolute Gasteiger partial charge is 0.234 e. The molecule has 0 spiro atoms. The summed E-state index contributed by atoms with van der Waals surface area (Å²) in [6, 6.07) is 0. The van der Waals surface area contributed by atoms with E-state index in [9.17, 15) is 4.79 Å². The maximum absolute atomic E-state index is 11.4. The summed E-state index contributed by atoms with van der Waals surface area (Å²) in [6.45, 7) is 7.86. The van der Waals surface area contributed by atoms with Crippen molar-refractivity contribution in [3.63, 3.8) is 0 Å². The van der Waals surface area contributed by atoms with Crippen LogP contribution in [0.4, 0.5) is 0 Å². The zero-order valence-corrected chi connectivity index (χ0v) is 7.56. The molecule has 1 aliphatic rings. The van der Waals surface area contributed by atoms with Crippen molar-refractivity contribution in [2.45, 2.75) is 33.2 Å². The van der Waals surface area contributed by atoms with Crippen LogP contribution in [0, 0.1) is 5.41 Å². The second-order valence-corrected chi connectivity index (χ2v) is 4.32. The van der Waals surface area contributed by atoms with Crippen LogP contribution in [0.2, 0.25) is 0 Å². The predicted molar refractivity (Wildman–Crippen MR) is 45.1 cm³/mol. The van der Waals surface area contributed by atoms with E-state index in [-0.39, 0.29) is 16.9 Å². The highest BCUT2D eigenvalue weighted by molar-refractivity contribution is 5.90. The molecule has 1 aliphatic carbocycles. The van der Waals surface area contributed by atoms with Crippen molar-refractivity contribution < 1.29 is 4.79 Å². The maximum atomic E-state index is 11.4. The molecule has 2 nitrogen and oxygen atoms in total. The van der Waals surface area contributed by atoms with E-state index in [2.05, 4.69) is 5.32 Å². The zero-order valence-electron chi connectivity index (χ0n) is 7.56. The molecule has 2 heteroatoms. The first-order chi connectivity index (χ1) is 4.83. The van der Waals surface area contributed by atoms with Gasteiger partial charge in [-0.1, -0.05) is 12.2 Å². The predicted octanol–water partition coefficient (Wildman–Crippen LogP) is 1.48. The molecule has 0 saturated carbocycles. The Morgan fingerprint density at radius 2 is 1.82 bits per heavy atom. The Morgan fingerprint density at radius 1 is 1.36 bits per heavy atom. The summed E-state index contributed by atoms with van der Waals surface area (Å²) in [4.78, 5) is 11.4. The third-order valence-corrected chi connectivity index (χ3v) is 1.64. The molecule has 0 unspecified atom stereocenters. The summed E-state index contributed by atoms with van der Waals surface area (Å²) in [6.07, 6.45) is 3.82. The number of rotatable bonds is 1. The first-order valence-electron chi connectivity index (χ1n) is 3.86. The van der Waals surface area contributed by atoms with E-state index in [1.165, 1.54) is 0 Å². The molecule has 1 N–H and O–H groups in total. The van der Waals surface area contributed by atoms with Crippen LogP contribution in [0.25, 0.3) is 0 Å². The summed E-state index contributed by atoms with van der Waals surface area (Å²) < 4.78 is 0. The van der Waals surface area contributed by atoms with E-state index in [0.717, 1.165) is 0 Å². The van der Waals surface area contributed by atoms with Gasteiger partial charge in [-0.15, -0.1) is 0 Å². The number of amides is 1. The lowest BCUT2D eigenvalue weighted by Crippen LogP contribution is -2.44. The number of nitrogens with one attached hydrogen (secondary N) is 1. The van der Waals surface area contributed by atoms with Gasteiger partial charge < -0.3 is 5.32 Å². The molecule has 1 amide bonds. The van der Waals surface area contributed by atoms with Gasteiger partial charge >= 0.3 is 0 Å². The fraction of sp³-hybridized carbons (Fsp3) is 0.667. The molecule has 0 saturated heterocycles. The first kappa shape index (κ1) is 8.31. The standard InChI is InChI=1S/C9H15NO/c1-8(2,3)10-7(11)9(4)5-6-9/h5-6H,1-4H3,(H,10,11). The monoisotopic (exact) mass is 153 g/mol. The van der Waals surface area contributed by atoms with Crippen LogP contribution < -0.4 is 5.32 Å². The van der Waals surface area contributed by atoms with Crippen molar-refractivity contribution in [2.75, 3.05) is 0 Å². The summed E-state index contributed by atoms with van der Waals surface area (Å²) in [5.41, 5.74) is -0.405. The Hall–Kier alpha value is -0.790. The molecule has 11 heavy (non-hydrogen) atoms. The summed E-state index contributed by atoms with van der Waals surface area (Å²) in [7, 11) is 0. The topological polar surface area (TPSA) is 29.1 Å². The molecule has 0 atom stereocenters. The van der Waals surface area contributed by atoms with Crippen molar-refractivity contribution >= 4 is 5.91 Å². The number of carbonyl (C=O) groups excluding carboxylic acids is 1. The second-order valence-electron chi connectivity index (χ2n) is 4.32. The Balaban J connectivity index is 2.45. The van der Waals surface area contributed by atoms with Crippen LogP contribution in [0.15, 0.2) is 12.2 Å². The molecule has 0 aromatic heterocycles. The van der Waals surface area contributed by atoms with Gasteiger partial charge in [0.05, 0.1) is 5.41 Å². The summed E-state index contributed by atoms with van der Waals surface area (Å²) in [5, 5.41) is 2.92. The van der Waals surface area contributed by atoms with Crippen molar-refractivity contribution in [1.29, 1.82) is 0 Å². The van der Waals surface area contributed by atoms with Crippen molar-refractivity contribution in [3.05, 3.63) is 12.2 Å². The van der Waals surface area contributed by atoms with E-state index >= 15 is 0 Å². The van der Waals surface area contributed by atoms with Gasteiger partial charge in [0, 0.05) is 5.54 Å².